The van der Waals surface area contributed by atoms with E-state index in [1.807, 2.05) is 7.05 Å². The Labute approximate surface area is 86.0 Å². The third-order valence-corrected chi connectivity index (χ3v) is 1.87. The number of rotatable bonds is 9. The molecule has 0 bridgehead atoms. The van der Waals surface area contributed by atoms with Gasteiger partial charge in [-0.3, -0.25) is 4.79 Å². The number of carbonyl (C=O) groups is 1. The normalized spacial score (nSPS) is 12.8. The van der Waals surface area contributed by atoms with Crippen molar-refractivity contribution in [3.8, 4) is 0 Å². The lowest BCUT2D eigenvalue weighted by Gasteiger charge is -2.09. The van der Waals surface area contributed by atoms with Crippen molar-refractivity contribution in [3.63, 3.8) is 0 Å². The Bertz CT molecular complexity index is 150. The number of hydrogen-bond donors (Lipinski definition) is 1. The van der Waals surface area contributed by atoms with Crippen LogP contribution in [0.4, 0.5) is 0 Å². The van der Waals surface area contributed by atoms with Crippen LogP contribution in [0, 0.1) is 0 Å². The lowest BCUT2D eigenvalue weighted by molar-refractivity contribution is -0.127. The van der Waals surface area contributed by atoms with Crippen LogP contribution < -0.4 is 5.32 Å². The standard InChI is InChI=1S/C10H21NO3/c1-9(12)10(2)14-7-4-6-13-8-5-11-3/h10-11H,4-8H2,1-3H3. The lowest BCUT2D eigenvalue weighted by Crippen LogP contribution is -2.19. The molecule has 0 radical (unpaired) electrons. The molecule has 0 heterocycles. The Morgan fingerprint density at radius 2 is 2.07 bits per heavy atom. The first-order valence-corrected chi connectivity index (χ1v) is 5.03. The highest BCUT2D eigenvalue weighted by Gasteiger charge is 2.05. The van der Waals surface area contributed by atoms with Gasteiger partial charge >= 0.3 is 0 Å². The van der Waals surface area contributed by atoms with Gasteiger partial charge < -0.3 is 14.8 Å². The van der Waals surface area contributed by atoms with E-state index >= 15 is 0 Å². The van der Waals surface area contributed by atoms with Crippen LogP contribution in [0.25, 0.3) is 0 Å². The summed E-state index contributed by atoms with van der Waals surface area (Å²) < 4.78 is 10.6. The van der Waals surface area contributed by atoms with E-state index in [1.54, 1.807) is 6.92 Å². The maximum Gasteiger partial charge on any atom is 0.158 e. The molecular formula is C10H21NO3. The van der Waals surface area contributed by atoms with Crippen LogP contribution in [0.5, 0.6) is 0 Å². The molecule has 1 unspecified atom stereocenters. The van der Waals surface area contributed by atoms with Crippen molar-refractivity contribution in [3.05, 3.63) is 0 Å². The summed E-state index contributed by atoms with van der Waals surface area (Å²) in [7, 11) is 1.89. The SMILES string of the molecule is CNCCOCCCOC(C)C(C)=O. The fraction of sp³-hybridized carbons (Fsp3) is 0.900. The van der Waals surface area contributed by atoms with Gasteiger partial charge in [0.1, 0.15) is 6.10 Å². The Hall–Kier alpha value is -0.450. The zero-order valence-electron chi connectivity index (χ0n) is 9.34. The van der Waals surface area contributed by atoms with Gasteiger partial charge in [0.05, 0.1) is 6.61 Å². The topological polar surface area (TPSA) is 47.6 Å². The molecule has 1 atom stereocenters. The molecular weight excluding hydrogens is 182 g/mol. The minimum absolute atomic E-state index is 0.0705. The van der Waals surface area contributed by atoms with E-state index in [1.165, 1.54) is 6.92 Å². The van der Waals surface area contributed by atoms with Crippen molar-refractivity contribution >= 4 is 5.78 Å². The fourth-order valence-electron chi connectivity index (χ4n) is 0.815. The van der Waals surface area contributed by atoms with Crippen LogP contribution in [0.1, 0.15) is 20.3 Å². The molecule has 0 aliphatic rings. The average Bonchev–Trinajstić information content (AvgIpc) is 2.16. The average molecular weight is 203 g/mol. The first-order chi connectivity index (χ1) is 6.68. The van der Waals surface area contributed by atoms with E-state index < -0.39 is 0 Å². The summed E-state index contributed by atoms with van der Waals surface area (Å²) in [6.07, 6.45) is 0.550. The predicted octanol–water partition coefficient (Wildman–Crippen LogP) is 0.607. The van der Waals surface area contributed by atoms with Crippen molar-refractivity contribution in [2.45, 2.75) is 26.4 Å². The summed E-state index contributed by atoms with van der Waals surface area (Å²) in [5.74, 6) is 0.0705. The quantitative estimate of drug-likeness (QED) is 0.558. The molecule has 0 aromatic rings. The van der Waals surface area contributed by atoms with Gasteiger partial charge in [0, 0.05) is 19.8 Å². The van der Waals surface area contributed by atoms with Crippen molar-refractivity contribution in [2.75, 3.05) is 33.4 Å². The summed E-state index contributed by atoms with van der Waals surface area (Å²) in [5.41, 5.74) is 0. The zero-order chi connectivity index (χ0) is 10.8. The van der Waals surface area contributed by atoms with Crippen LogP contribution in [0.15, 0.2) is 0 Å². The molecule has 0 aliphatic carbocycles. The lowest BCUT2D eigenvalue weighted by atomic mass is 10.3. The maximum atomic E-state index is 10.8. The van der Waals surface area contributed by atoms with Crippen molar-refractivity contribution < 1.29 is 14.3 Å². The van der Waals surface area contributed by atoms with E-state index in [9.17, 15) is 4.79 Å². The number of ketones is 1. The first kappa shape index (κ1) is 13.5. The molecule has 0 aromatic carbocycles. The van der Waals surface area contributed by atoms with Gasteiger partial charge in [-0.05, 0) is 27.3 Å². The summed E-state index contributed by atoms with van der Waals surface area (Å²) in [5, 5.41) is 2.99. The second kappa shape index (κ2) is 9.12. The van der Waals surface area contributed by atoms with Gasteiger partial charge in [-0.2, -0.15) is 0 Å². The van der Waals surface area contributed by atoms with Crippen molar-refractivity contribution in [2.24, 2.45) is 0 Å². The van der Waals surface area contributed by atoms with Gasteiger partial charge in [0.2, 0.25) is 0 Å². The largest absolute Gasteiger partial charge is 0.380 e. The molecule has 0 spiro atoms. The van der Waals surface area contributed by atoms with Gasteiger partial charge in [-0.25, -0.2) is 0 Å². The van der Waals surface area contributed by atoms with Crippen LogP contribution in [0.2, 0.25) is 0 Å². The molecule has 14 heavy (non-hydrogen) atoms. The Morgan fingerprint density at radius 3 is 2.64 bits per heavy atom. The number of nitrogens with one attached hydrogen (secondary N) is 1. The smallest absolute Gasteiger partial charge is 0.158 e. The predicted molar refractivity (Wildman–Crippen MR) is 55.5 cm³/mol. The molecule has 0 rings (SSSR count). The van der Waals surface area contributed by atoms with Crippen molar-refractivity contribution in [1.82, 2.24) is 5.32 Å². The highest BCUT2D eigenvalue weighted by atomic mass is 16.5. The maximum absolute atomic E-state index is 10.8. The van der Waals surface area contributed by atoms with E-state index in [-0.39, 0.29) is 11.9 Å². The molecule has 0 amide bonds. The molecule has 0 aromatic heterocycles. The summed E-state index contributed by atoms with van der Waals surface area (Å²) >= 11 is 0. The number of carbonyl (C=O) groups excluding carboxylic acids is 1. The summed E-state index contributed by atoms with van der Waals surface area (Å²) in [6.45, 7) is 6.16. The summed E-state index contributed by atoms with van der Waals surface area (Å²) in [6, 6.07) is 0. The number of likely N-dealkylation sites (N-methyl/N-ethyl adjacent to an activating group) is 1. The number of ether oxygens (including phenoxy) is 2. The van der Waals surface area contributed by atoms with E-state index in [2.05, 4.69) is 5.32 Å². The fourth-order valence-corrected chi connectivity index (χ4v) is 0.815. The molecule has 1 N–H and O–H groups in total. The minimum Gasteiger partial charge on any atom is -0.380 e. The Balaban J connectivity index is 3.09. The first-order valence-electron chi connectivity index (χ1n) is 5.03. The van der Waals surface area contributed by atoms with E-state index in [4.69, 9.17) is 9.47 Å². The monoisotopic (exact) mass is 203 g/mol. The highest BCUT2D eigenvalue weighted by molar-refractivity contribution is 5.79. The molecule has 4 nitrogen and oxygen atoms in total. The molecule has 4 heteroatoms. The third-order valence-electron chi connectivity index (χ3n) is 1.87. The molecule has 0 saturated heterocycles. The molecule has 0 aliphatic heterocycles. The minimum atomic E-state index is -0.285. The van der Waals surface area contributed by atoms with Crippen LogP contribution in [0.3, 0.4) is 0 Å². The third kappa shape index (κ3) is 8.16. The van der Waals surface area contributed by atoms with Crippen molar-refractivity contribution in [1.29, 1.82) is 0 Å². The van der Waals surface area contributed by atoms with Crippen LogP contribution in [-0.2, 0) is 14.3 Å². The van der Waals surface area contributed by atoms with E-state index in [0.717, 1.165) is 19.6 Å². The van der Waals surface area contributed by atoms with Gasteiger partial charge in [-0.1, -0.05) is 0 Å². The molecule has 0 saturated carbocycles. The second-order valence-corrected chi connectivity index (χ2v) is 3.19. The molecule has 84 valence electrons. The Kier molecular flexibility index (Phi) is 8.83. The number of Topliss-reactive ketones (excluding diaryl/α,β-unsaturated/α-hetero) is 1. The van der Waals surface area contributed by atoms with Gasteiger partial charge in [-0.15, -0.1) is 0 Å². The van der Waals surface area contributed by atoms with Crippen LogP contribution >= 0.6 is 0 Å². The highest BCUT2D eigenvalue weighted by Crippen LogP contribution is 1.94. The second-order valence-electron chi connectivity index (χ2n) is 3.19. The van der Waals surface area contributed by atoms with Crippen LogP contribution in [-0.4, -0.2) is 45.3 Å². The van der Waals surface area contributed by atoms with Gasteiger partial charge in [0.15, 0.2) is 5.78 Å². The zero-order valence-corrected chi connectivity index (χ0v) is 9.34. The van der Waals surface area contributed by atoms with E-state index in [0.29, 0.717) is 13.2 Å². The summed E-state index contributed by atoms with van der Waals surface area (Å²) in [4.78, 5) is 10.8. The molecule has 0 fully saturated rings. The number of hydrogen-bond acceptors (Lipinski definition) is 4. The van der Waals surface area contributed by atoms with Gasteiger partial charge in [0.25, 0.3) is 0 Å². The Morgan fingerprint density at radius 1 is 1.36 bits per heavy atom.